The van der Waals surface area contributed by atoms with Gasteiger partial charge in [-0.2, -0.15) is 10.1 Å². The summed E-state index contributed by atoms with van der Waals surface area (Å²) >= 11 is 10.0. The van der Waals surface area contributed by atoms with Crippen LogP contribution in [0.5, 0.6) is 0 Å². The fraction of sp³-hybridized carbons (Fsp3) is 0.375. The molecule has 0 saturated heterocycles. The molecule has 1 aliphatic carbocycles. The van der Waals surface area contributed by atoms with Gasteiger partial charge in [0.05, 0.1) is 28.2 Å². The summed E-state index contributed by atoms with van der Waals surface area (Å²) in [4.78, 5) is 26.2. The first-order valence-electron chi connectivity index (χ1n) is 11.4. The predicted molar refractivity (Wildman–Crippen MR) is 139 cm³/mol. The zero-order valence-corrected chi connectivity index (χ0v) is 21.7. The molecule has 0 aliphatic heterocycles. The van der Waals surface area contributed by atoms with Crippen molar-refractivity contribution >= 4 is 61.3 Å². The molecule has 0 radical (unpaired) electrons. The quantitative estimate of drug-likeness (QED) is 0.323. The molecule has 1 amide bonds. The van der Waals surface area contributed by atoms with Gasteiger partial charge < -0.3 is 15.4 Å². The molecular formula is C24H25BrClN7O2. The number of pyridine rings is 1. The number of aryl methyl sites for hydroxylation is 1. The zero-order chi connectivity index (χ0) is 24.5. The van der Waals surface area contributed by atoms with Crippen LogP contribution in [0.25, 0.3) is 27.6 Å². The van der Waals surface area contributed by atoms with Gasteiger partial charge in [-0.1, -0.05) is 11.6 Å². The number of anilines is 1. The summed E-state index contributed by atoms with van der Waals surface area (Å²) in [6, 6.07) is 7.81. The second kappa shape index (κ2) is 10.0. The van der Waals surface area contributed by atoms with Crippen molar-refractivity contribution < 1.29 is 9.53 Å². The molecular weight excluding hydrogens is 534 g/mol. The lowest BCUT2D eigenvalue weighted by Crippen LogP contribution is -2.32. The van der Waals surface area contributed by atoms with E-state index in [9.17, 15) is 4.79 Å². The Hall–Kier alpha value is -2.82. The second-order valence-corrected chi connectivity index (χ2v) is 9.87. The minimum Gasteiger partial charge on any atom is -0.383 e. The number of hydrogen-bond acceptors (Lipinski definition) is 7. The van der Waals surface area contributed by atoms with Crippen molar-refractivity contribution in [2.45, 2.75) is 32.2 Å². The van der Waals surface area contributed by atoms with Crippen LogP contribution in [0.15, 0.2) is 35.1 Å². The van der Waals surface area contributed by atoms with Crippen LogP contribution in [-0.2, 0) is 9.53 Å². The molecule has 1 aliphatic rings. The number of methoxy groups -OCH3 is 1. The van der Waals surface area contributed by atoms with Crippen LogP contribution in [-0.4, -0.2) is 56.9 Å². The molecule has 9 nitrogen and oxygen atoms in total. The van der Waals surface area contributed by atoms with Crippen molar-refractivity contribution in [2.24, 2.45) is 5.92 Å². The summed E-state index contributed by atoms with van der Waals surface area (Å²) in [7, 11) is 1.62. The molecule has 5 rings (SSSR count). The number of carbonyl (C=O) groups is 1. The van der Waals surface area contributed by atoms with Gasteiger partial charge in [-0.05, 0) is 66.4 Å². The van der Waals surface area contributed by atoms with E-state index in [1.807, 2.05) is 31.2 Å². The van der Waals surface area contributed by atoms with Crippen molar-refractivity contribution in [3.8, 4) is 5.69 Å². The molecule has 0 spiro atoms. The third-order valence-electron chi connectivity index (χ3n) is 6.24. The van der Waals surface area contributed by atoms with Crippen LogP contribution in [0.3, 0.4) is 0 Å². The van der Waals surface area contributed by atoms with Crippen LogP contribution in [0.4, 0.5) is 5.95 Å². The van der Waals surface area contributed by atoms with Gasteiger partial charge in [-0.3, -0.25) is 9.78 Å². The van der Waals surface area contributed by atoms with Gasteiger partial charge in [-0.15, -0.1) is 0 Å². The fourth-order valence-corrected chi connectivity index (χ4v) is 5.25. The molecule has 1 saturated carbocycles. The largest absolute Gasteiger partial charge is 0.383 e. The normalized spacial score (nSPS) is 17.8. The van der Waals surface area contributed by atoms with Crippen molar-refractivity contribution in [2.75, 3.05) is 25.6 Å². The predicted octanol–water partition coefficient (Wildman–Crippen LogP) is 4.43. The van der Waals surface area contributed by atoms with Crippen molar-refractivity contribution in [1.29, 1.82) is 0 Å². The van der Waals surface area contributed by atoms with E-state index in [-0.39, 0.29) is 17.9 Å². The Morgan fingerprint density at radius 1 is 1.26 bits per heavy atom. The highest BCUT2D eigenvalue weighted by Crippen LogP contribution is 2.31. The Morgan fingerprint density at radius 2 is 2.11 bits per heavy atom. The number of aromatic nitrogens is 5. The molecule has 0 unspecified atom stereocenters. The molecule has 3 heterocycles. The Balaban J connectivity index is 1.38. The van der Waals surface area contributed by atoms with Crippen LogP contribution in [0.2, 0.25) is 5.02 Å². The molecule has 2 atom stereocenters. The Bertz CT molecular complexity index is 1410. The van der Waals surface area contributed by atoms with E-state index < -0.39 is 0 Å². The molecule has 4 aromatic rings. The highest BCUT2D eigenvalue weighted by atomic mass is 79.9. The standard InChI is InChI=1S/C24H25BrClN7O2/c1-13-9-19(26)17-11-16(5-6-20(17)29-13)33-22-18(21(25)32-33)12-28-24(31-22)30-15-4-3-14(10-15)23(34)27-7-8-35-2/h5-6,9,11-12,14-15H,3-4,7-8,10H2,1-2H3,(H,27,34)(H,28,30,31)/t14-,15-/m1/s1. The maximum atomic E-state index is 12.4. The number of halogens is 2. The van der Waals surface area contributed by atoms with E-state index in [1.54, 1.807) is 18.0 Å². The third-order valence-corrected chi connectivity index (χ3v) is 7.13. The van der Waals surface area contributed by atoms with Crippen LogP contribution in [0, 0.1) is 12.8 Å². The second-order valence-electron chi connectivity index (χ2n) is 8.72. The maximum absolute atomic E-state index is 12.4. The number of nitrogens with one attached hydrogen (secondary N) is 2. The van der Waals surface area contributed by atoms with Crippen molar-refractivity contribution in [3.63, 3.8) is 0 Å². The minimum absolute atomic E-state index is 0.0210. The average Bonchev–Trinajstić information content (AvgIpc) is 3.43. The van der Waals surface area contributed by atoms with E-state index in [0.717, 1.165) is 46.9 Å². The summed E-state index contributed by atoms with van der Waals surface area (Å²) in [6.07, 6.45) is 4.19. The number of amides is 1. The van der Waals surface area contributed by atoms with Gasteiger partial charge in [0, 0.05) is 42.9 Å². The van der Waals surface area contributed by atoms with Crippen LogP contribution in [0.1, 0.15) is 25.0 Å². The average molecular weight is 559 g/mol. The topological polar surface area (TPSA) is 107 Å². The highest BCUT2D eigenvalue weighted by Gasteiger charge is 2.30. The number of rotatable bonds is 7. The van der Waals surface area contributed by atoms with Crippen LogP contribution >= 0.6 is 27.5 Å². The first kappa shape index (κ1) is 23.9. The number of nitrogens with zero attached hydrogens (tertiary/aromatic N) is 5. The zero-order valence-electron chi connectivity index (χ0n) is 19.4. The minimum atomic E-state index is -0.0210. The maximum Gasteiger partial charge on any atom is 0.224 e. The number of hydrogen-bond donors (Lipinski definition) is 2. The lowest BCUT2D eigenvalue weighted by molar-refractivity contribution is -0.125. The molecule has 0 bridgehead atoms. The van der Waals surface area contributed by atoms with Gasteiger partial charge >= 0.3 is 0 Å². The molecule has 35 heavy (non-hydrogen) atoms. The smallest absolute Gasteiger partial charge is 0.224 e. The van der Waals surface area contributed by atoms with Gasteiger partial charge in [-0.25, -0.2) is 9.67 Å². The summed E-state index contributed by atoms with van der Waals surface area (Å²) in [6.45, 7) is 2.96. The van der Waals surface area contributed by atoms with Crippen molar-refractivity contribution in [1.82, 2.24) is 30.0 Å². The van der Waals surface area contributed by atoms with E-state index in [2.05, 4.69) is 41.6 Å². The fourth-order valence-electron chi connectivity index (χ4n) is 4.50. The number of carbonyl (C=O) groups excluding carboxylic acids is 1. The Morgan fingerprint density at radius 3 is 2.94 bits per heavy atom. The number of benzene rings is 1. The van der Waals surface area contributed by atoms with E-state index >= 15 is 0 Å². The van der Waals surface area contributed by atoms with Gasteiger partial charge in [0.25, 0.3) is 0 Å². The SMILES string of the molecule is COCCNC(=O)[C@@H]1CC[C@@H](Nc2ncc3c(Br)nn(-c4ccc5nc(C)cc(Cl)c5c4)c3n2)C1. The molecule has 3 aromatic heterocycles. The first-order chi connectivity index (χ1) is 16.9. The summed E-state index contributed by atoms with van der Waals surface area (Å²) in [5.74, 6) is 0.560. The molecule has 182 valence electrons. The lowest BCUT2D eigenvalue weighted by Gasteiger charge is -2.14. The van der Waals surface area contributed by atoms with E-state index in [1.165, 1.54) is 0 Å². The lowest BCUT2D eigenvalue weighted by atomic mass is 10.1. The Labute approximate surface area is 215 Å². The number of ether oxygens (including phenoxy) is 1. The van der Waals surface area contributed by atoms with E-state index in [0.29, 0.717) is 34.4 Å². The monoisotopic (exact) mass is 557 g/mol. The third kappa shape index (κ3) is 4.96. The van der Waals surface area contributed by atoms with Gasteiger partial charge in [0.2, 0.25) is 11.9 Å². The highest BCUT2D eigenvalue weighted by molar-refractivity contribution is 9.10. The van der Waals surface area contributed by atoms with Gasteiger partial charge in [0.15, 0.2) is 5.65 Å². The van der Waals surface area contributed by atoms with E-state index in [4.69, 9.17) is 21.3 Å². The summed E-state index contributed by atoms with van der Waals surface area (Å²) < 4.78 is 7.42. The first-order valence-corrected chi connectivity index (χ1v) is 12.6. The molecule has 1 fully saturated rings. The van der Waals surface area contributed by atoms with Crippen LogP contribution < -0.4 is 10.6 Å². The molecule has 2 N–H and O–H groups in total. The summed E-state index contributed by atoms with van der Waals surface area (Å²) in [5.41, 5.74) is 3.18. The molecule has 1 aromatic carbocycles. The Kier molecular flexibility index (Phi) is 6.86. The van der Waals surface area contributed by atoms with Gasteiger partial charge in [0.1, 0.15) is 4.60 Å². The number of fused-ring (bicyclic) bond motifs is 2. The summed E-state index contributed by atoms with van der Waals surface area (Å²) in [5, 5.41) is 13.3. The van der Waals surface area contributed by atoms with Crippen molar-refractivity contribution in [3.05, 3.63) is 45.8 Å². The molecule has 11 heteroatoms.